The molecule has 6 heteroatoms. The van der Waals surface area contributed by atoms with Gasteiger partial charge in [0.15, 0.2) is 6.54 Å². The Morgan fingerprint density at radius 1 is 1.19 bits per heavy atom. The molecule has 0 aliphatic carbocycles. The zero-order valence-corrected chi connectivity index (χ0v) is 15.6. The molecular formula is C20H28N5O+. The van der Waals surface area contributed by atoms with E-state index in [1.165, 1.54) is 10.5 Å². The maximum atomic E-state index is 12.4. The van der Waals surface area contributed by atoms with Crippen LogP contribution in [0.25, 0.3) is 0 Å². The zero-order valence-electron chi connectivity index (χ0n) is 15.6. The molecule has 1 saturated heterocycles. The Kier molecular flexibility index (Phi) is 6.17. The fourth-order valence-electron chi connectivity index (χ4n) is 3.30. The Bertz CT molecular complexity index is 696. The van der Waals surface area contributed by atoms with Crippen LogP contribution in [0.3, 0.4) is 0 Å². The first-order valence-corrected chi connectivity index (χ1v) is 9.39. The molecule has 0 radical (unpaired) electrons. The predicted molar refractivity (Wildman–Crippen MR) is 102 cm³/mol. The lowest BCUT2D eigenvalue weighted by molar-refractivity contribution is -0.892. The van der Waals surface area contributed by atoms with Crippen molar-refractivity contribution in [2.75, 3.05) is 37.6 Å². The minimum Gasteiger partial charge on any atom is -0.345 e. The molecule has 26 heavy (non-hydrogen) atoms. The van der Waals surface area contributed by atoms with Gasteiger partial charge in [0.25, 0.3) is 5.91 Å². The van der Waals surface area contributed by atoms with Crippen molar-refractivity contribution in [3.8, 4) is 0 Å². The fraction of sp³-hybridized carbons (Fsp3) is 0.450. The maximum Gasteiger partial charge on any atom is 0.275 e. The van der Waals surface area contributed by atoms with E-state index >= 15 is 0 Å². The topological polar surface area (TPSA) is 62.6 Å². The third kappa shape index (κ3) is 4.79. The second-order valence-electron chi connectivity index (χ2n) is 6.85. The summed E-state index contributed by atoms with van der Waals surface area (Å²) >= 11 is 0. The van der Waals surface area contributed by atoms with Crippen molar-refractivity contribution in [2.24, 2.45) is 0 Å². The average Bonchev–Trinajstić information content (AvgIpc) is 2.69. The molecule has 0 spiro atoms. The number of nitrogens with zero attached hydrogens (tertiary/aromatic N) is 3. The fourth-order valence-corrected chi connectivity index (χ4v) is 3.30. The highest BCUT2D eigenvalue weighted by atomic mass is 16.2. The van der Waals surface area contributed by atoms with Crippen LogP contribution >= 0.6 is 0 Å². The molecule has 2 N–H and O–H groups in total. The van der Waals surface area contributed by atoms with Gasteiger partial charge in [0, 0.05) is 12.4 Å². The van der Waals surface area contributed by atoms with Gasteiger partial charge in [-0.1, -0.05) is 31.2 Å². The van der Waals surface area contributed by atoms with Crippen LogP contribution in [-0.2, 0) is 11.2 Å². The van der Waals surface area contributed by atoms with Crippen LogP contribution in [0.1, 0.15) is 31.0 Å². The van der Waals surface area contributed by atoms with Crippen LogP contribution in [0, 0.1) is 0 Å². The molecule has 3 rings (SSSR count). The smallest absolute Gasteiger partial charge is 0.275 e. The second-order valence-corrected chi connectivity index (χ2v) is 6.85. The summed E-state index contributed by atoms with van der Waals surface area (Å²) in [6, 6.07) is 10.3. The molecule has 1 amide bonds. The molecule has 1 aliphatic rings. The van der Waals surface area contributed by atoms with Crippen LogP contribution in [0.15, 0.2) is 42.7 Å². The predicted octanol–water partition coefficient (Wildman–Crippen LogP) is 0.621. The number of piperazine rings is 1. The number of benzene rings is 1. The van der Waals surface area contributed by atoms with E-state index in [2.05, 4.69) is 51.4 Å². The number of nitrogens with one attached hydrogen (secondary N) is 2. The maximum absolute atomic E-state index is 12.4. The lowest BCUT2D eigenvalue weighted by Gasteiger charge is -2.31. The Balaban J connectivity index is 1.45. The highest BCUT2D eigenvalue weighted by Gasteiger charge is 2.24. The minimum absolute atomic E-state index is 0.0341. The summed E-state index contributed by atoms with van der Waals surface area (Å²) in [4.78, 5) is 24.5. The molecule has 0 bridgehead atoms. The molecular weight excluding hydrogens is 326 g/mol. The third-order valence-electron chi connectivity index (χ3n) is 4.98. The summed E-state index contributed by atoms with van der Waals surface area (Å²) in [5.74, 6) is 0.886. The van der Waals surface area contributed by atoms with Gasteiger partial charge in [-0.3, -0.25) is 4.79 Å². The number of hydrogen-bond donors (Lipinski definition) is 2. The van der Waals surface area contributed by atoms with E-state index in [0.29, 0.717) is 6.54 Å². The number of amides is 1. The molecule has 1 aliphatic heterocycles. The first-order chi connectivity index (χ1) is 12.7. The van der Waals surface area contributed by atoms with Crippen LogP contribution in [0.4, 0.5) is 5.95 Å². The molecule has 1 aromatic heterocycles. The molecule has 1 aromatic carbocycles. The first kappa shape index (κ1) is 18.3. The van der Waals surface area contributed by atoms with E-state index in [0.717, 1.165) is 44.1 Å². The van der Waals surface area contributed by atoms with E-state index in [4.69, 9.17) is 0 Å². The molecule has 0 saturated carbocycles. The standard InChI is InChI=1S/C20H27N5O/c1-3-17-5-7-18(8-6-17)16(2)23-19(26)15-24-11-13-25(14-12-24)20-21-9-4-10-22-20/h4-10,16H,3,11-15H2,1-2H3,(H,23,26)/p+1/t16-/m0/s1. The van der Waals surface area contributed by atoms with E-state index < -0.39 is 0 Å². The lowest BCUT2D eigenvalue weighted by Crippen LogP contribution is -3.16. The van der Waals surface area contributed by atoms with Crippen LogP contribution in [0.2, 0.25) is 0 Å². The van der Waals surface area contributed by atoms with Gasteiger partial charge in [0.2, 0.25) is 5.95 Å². The third-order valence-corrected chi connectivity index (χ3v) is 4.98. The average molecular weight is 354 g/mol. The van der Waals surface area contributed by atoms with Gasteiger partial charge in [-0.2, -0.15) is 0 Å². The molecule has 138 valence electrons. The molecule has 1 fully saturated rings. The molecule has 2 heterocycles. The van der Waals surface area contributed by atoms with Crippen molar-refractivity contribution < 1.29 is 9.69 Å². The van der Waals surface area contributed by atoms with Crippen molar-refractivity contribution in [3.05, 3.63) is 53.9 Å². The zero-order chi connectivity index (χ0) is 18.4. The number of rotatable bonds is 6. The van der Waals surface area contributed by atoms with Crippen LogP contribution < -0.4 is 15.1 Å². The van der Waals surface area contributed by atoms with Gasteiger partial charge in [-0.25, -0.2) is 9.97 Å². The van der Waals surface area contributed by atoms with Crippen molar-refractivity contribution in [1.29, 1.82) is 0 Å². The normalized spacial score (nSPS) is 16.3. The van der Waals surface area contributed by atoms with Crippen molar-refractivity contribution in [3.63, 3.8) is 0 Å². The number of quaternary nitrogens is 1. The first-order valence-electron chi connectivity index (χ1n) is 9.39. The summed E-state index contributed by atoms with van der Waals surface area (Å²) in [6.07, 6.45) is 4.57. The van der Waals surface area contributed by atoms with Crippen LogP contribution in [-0.4, -0.2) is 48.6 Å². The van der Waals surface area contributed by atoms with Gasteiger partial charge in [0.1, 0.15) is 0 Å². The Morgan fingerprint density at radius 3 is 2.46 bits per heavy atom. The number of carbonyl (C=O) groups excluding carboxylic acids is 1. The van der Waals surface area contributed by atoms with E-state index in [-0.39, 0.29) is 11.9 Å². The largest absolute Gasteiger partial charge is 0.345 e. The van der Waals surface area contributed by atoms with E-state index in [1.54, 1.807) is 12.4 Å². The summed E-state index contributed by atoms with van der Waals surface area (Å²) < 4.78 is 0. The summed E-state index contributed by atoms with van der Waals surface area (Å²) in [6.45, 7) is 8.30. The van der Waals surface area contributed by atoms with Gasteiger partial charge < -0.3 is 15.1 Å². The molecule has 0 unspecified atom stereocenters. The van der Waals surface area contributed by atoms with Gasteiger partial charge in [-0.05, 0) is 30.5 Å². The Labute approximate surface area is 155 Å². The number of hydrogen-bond acceptors (Lipinski definition) is 4. The lowest BCUT2D eigenvalue weighted by atomic mass is 10.1. The highest BCUT2D eigenvalue weighted by molar-refractivity contribution is 5.77. The second kappa shape index (κ2) is 8.76. The molecule has 1 atom stereocenters. The van der Waals surface area contributed by atoms with Crippen molar-refractivity contribution in [2.45, 2.75) is 26.3 Å². The van der Waals surface area contributed by atoms with E-state index in [9.17, 15) is 4.79 Å². The summed E-state index contributed by atoms with van der Waals surface area (Å²) in [7, 11) is 0. The van der Waals surface area contributed by atoms with Gasteiger partial charge >= 0.3 is 0 Å². The SMILES string of the molecule is CCc1ccc([C@H](C)NC(=O)C[NH+]2CCN(c3ncccn3)CC2)cc1. The Hall–Kier alpha value is -2.47. The molecule has 6 nitrogen and oxygen atoms in total. The highest BCUT2D eigenvalue weighted by Crippen LogP contribution is 2.13. The number of carbonyl (C=O) groups is 1. The number of aromatic nitrogens is 2. The summed E-state index contributed by atoms with van der Waals surface area (Å²) in [5, 5.41) is 3.13. The molecule has 2 aromatic rings. The van der Waals surface area contributed by atoms with Crippen molar-refractivity contribution in [1.82, 2.24) is 15.3 Å². The van der Waals surface area contributed by atoms with Gasteiger partial charge in [0.05, 0.1) is 32.2 Å². The quantitative estimate of drug-likeness (QED) is 0.798. The van der Waals surface area contributed by atoms with Gasteiger partial charge in [-0.15, -0.1) is 0 Å². The summed E-state index contributed by atoms with van der Waals surface area (Å²) in [5.41, 5.74) is 2.47. The van der Waals surface area contributed by atoms with Crippen LogP contribution in [0.5, 0.6) is 0 Å². The minimum atomic E-state index is 0.0341. The monoisotopic (exact) mass is 354 g/mol. The number of aryl methyl sites for hydroxylation is 1. The van der Waals surface area contributed by atoms with Crippen molar-refractivity contribution >= 4 is 11.9 Å². The number of anilines is 1. The Morgan fingerprint density at radius 2 is 1.85 bits per heavy atom. The van der Waals surface area contributed by atoms with E-state index in [1.807, 2.05) is 13.0 Å².